The Bertz CT molecular complexity index is 962. The molecule has 2 aliphatic rings. The minimum absolute atomic E-state index is 0.0519. The van der Waals surface area contributed by atoms with E-state index in [4.69, 9.17) is 28.4 Å². The Morgan fingerprint density at radius 1 is 0.875 bits per heavy atom. The van der Waals surface area contributed by atoms with Crippen molar-refractivity contribution in [3.05, 3.63) is 35.4 Å². The lowest BCUT2D eigenvalue weighted by molar-refractivity contribution is -0.917. The first-order valence-electron chi connectivity index (χ1n) is 10.5. The smallest absolute Gasteiger partial charge is 0.254 e. The molecule has 0 saturated carbocycles. The molecule has 1 N–H and O–H groups in total. The minimum atomic E-state index is -0.0519. The predicted octanol–water partition coefficient (Wildman–Crippen LogP) is 0.991. The van der Waals surface area contributed by atoms with Gasteiger partial charge < -0.3 is 38.2 Å². The van der Waals surface area contributed by atoms with Crippen molar-refractivity contribution in [2.24, 2.45) is 0 Å². The molecule has 1 saturated heterocycles. The zero-order valence-electron chi connectivity index (χ0n) is 18.9. The fourth-order valence-corrected chi connectivity index (χ4v) is 4.15. The van der Waals surface area contributed by atoms with Crippen molar-refractivity contribution in [3.63, 3.8) is 0 Å². The molecule has 1 fully saturated rings. The van der Waals surface area contributed by atoms with E-state index in [2.05, 4.69) is 0 Å². The van der Waals surface area contributed by atoms with Crippen LogP contribution in [0.15, 0.2) is 24.3 Å². The van der Waals surface area contributed by atoms with Crippen LogP contribution in [0.25, 0.3) is 0 Å². The second-order valence-electron chi connectivity index (χ2n) is 7.65. The maximum absolute atomic E-state index is 13.1. The molecule has 1 amide bonds. The molecule has 2 aromatic rings. The van der Waals surface area contributed by atoms with E-state index >= 15 is 0 Å². The van der Waals surface area contributed by atoms with E-state index in [0.717, 1.165) is 36.7 Å². The van der Waals surface area contributed by atoms with Crippen LogP contribution in [-0.4, -0.2) is 72.2 Å². The number of benzene rings is 2. The molecule has 9 heteroatoms. The van der Waals surface area contributed by atoms with Crippen molar-refractivity contribution in [3.8, 4) is 34.5 Å². The maximum atomic E-state index is 13.1. The van der Waals surface area contributed by atoms with Crippen molar-refractivity contribution in [2.75, 3.05) is 61.4 Å². The first-order chi connectivity index (χ1) is 15.6. The van der Waals surface area contributed by atoms with Crippen molar-refractivity contribution >= 4 is 5.91 Å². The number of carbonyl (C=O) groups excluding carboxylic acids is 1. The van der Waals surface area contributed by atoms with Gasteiger partial charge in [-0.1, -0.05) is 0 Å². The topological polar surface area (TPSA) is 80.1 Å². The number of hydrogen-bond donors (Lipinski definition) is 1. The molecule has 0 radical (unpaired) electrons. The molecule has 0 unspecified atom stereocenters. The number of methoxy groups -OCH3 is 4. The lowest BCUT2D eigenvalue weighted by atomic mass is 10.1. The van der Waals surface area contributed by atoms with Crippen LogP contribution >= 0.6 is 0 Å². The second-order valence-corrected chi connectivity index (χ2v) is 7.65. The molecule has 2 aliphatic heterocycles. The quantitative estimate of drug-likeness (QED) is 0.681. The molecule has 0 aliphatic carbocycles. The van der Waals surface area contributed by atoms with E-state index in [9.17, 15) is 4.79 Å². The third-order valence-corrected chi connectivity index (χ3v) is 5.89. The molecule has 0 spiro atoms. The molecule has 172 valence electrons. The van der Waals surface area contributed by atoms with Crippen LogP contribution in [0, 0.1) is 0 Å². The van der Waals surface area contributed by atoms with Gasteiger partial charge >= 0.3 is 0 Å². The second kappa shape index (κ2) is 9.44. The van der Waals surface area contributed by atoms with Crippen molar-refractivity contribution < 1.29 is 38.1 Å². The number of piperazine rings is 1. The summed E-state index contributed by atoms with van der Waals surface area (Å²) in [6, 6.07) is 7.25. The molecule has 2 aromatic carbocycles. The highest BCUT2D eigenvalue weighted by molar-refractivity contribution is 5.95. The Balaban J connectivity index is 1.43. The summed E-state index contributed by atoms with van der Waals surface area (Å²) in [5, 5.41) is 0. The fourth-order valence-electron chi connectivity index (χ4n) is 4.15. The first kappa shape index (κ1) is 21.9. The van der Waals surface area contributed by atoms with Gasteiger partial charge in [-0.25, -0.2) is 0 Å². The Morgan fingerprint density at radius 3 is 2.03 bits per heavy atom. The van der Waals surface area contributed by atoms with E-state index in [1.165, 1.54) is 19.1 Å². The zero-order valence-corrected chi connectivity index (χ0v) is 18.9. The van der Waals surface area contributed by atoms with Crippen LogP contribution < -0.4 is 33.3 Å². The standard InChI is InChI=1S/C23H28N2O7/c1-27-17-12-19-18(31-14-32-19)11-16(17)13-24-5-7-25(8-6-24)23(26)15-9-20(28-2)22(30-4)21(10-15)29-3/h9-12H,5-8,13-14H2,1-4H3/p+1. The van der Waals surface area contributed by atoms with Gasteiger partial charge in [-0.05, 0) is 18.2 Å². The zero-order chi connectivity index (χ0) is 22.7. The van der Waals surface area contributed by atoms with Gasteiger partial charge in [-0.3, -0.25) is 4.79 Å². The van der Waals surface area contributed by atoms with Crippen LogP contribution in [0.4, 0.5) is 0 Å². The van der Waals surface area contributed by atoms with Crippen LogP contribution in [0.2, 0.25) is 0 Å². The van der Waals surface area contributed by atoms with Gasteiger partial charge in [0.1, 0.15) is 12.3 Å². The number of carbonyl (C=O) groups is 1. The summed E-state index contributed by atoms with van der Waals surface area (Å²) in [5.74, 6) is 3.60. The van der Waals surface area contributed by atoms with Crippen LogP contribution in [-0.2, 0) is 6.54 Å². The molecule has 9 nitrogen and oxygen atoms in total. The van der Waals surface area contributed by atoms with E-state index < -0.39 is 0 Å². The highest BCUT2D eigenvalue weighted by atomic mass is 16.7. The van der Waals surface area contributed by atoms with Gasteiger partial charge in [0.05, 0.1) is 60.2 Å². The van der Waals surface area contributed by atoms with Crippen molar-refractivity contribution in [2.45, 2.75) is 6.54 Å². The SMILES string of the molecule is COc1cc2c(cc1C[NH+]1CCN(C(=O)c3cc(OC)c(OC)c(OC)c3)CC1)OCO2. The number of quaternary nitrogens is 1. The monoisotopic (exact) mass is 445 g/mol. The van der Waals surface area contributed by atoms with Gasteiger partial charge in [0, 0.05) is 11.6 Å². The van der Waals surface area contributed by atoms with E-state index in [0.29, 0.717) is 41.7 Å². The molecular formula is C23H29N2O7+. The van der Waals surface area contributed by atoms with Gasteiger partial charge in [-0.2, -0.15) is 0 Å². The molecule has 0 atom stereocenters. The van der Waals surface area contributed by atoms with Gasteiger partial charge in [0.2, 0.25) is 12.5 Å². The summed E-state index contributed by atoms with van der Waals surface area (Å²) >= 11 is 0. The summed E-state index contributed by atoms with van der Waals surface area (Å²) in [7, 11) is 6.28. The summed E-state index contributed by atoms with van der Waals surface area (Å²) in [6.45, 7) is 3.97. The third kappa shape index (κ3) is 4.20. The molecule has 0 bridgehead atoms. The average molecular weight is 445 g/mol. The van der Waals surface area contributed by atoms with Gasteiger partial charge in [0.15, 0.2) is 23.0 Å². The largest absolute Gasteiger partial charge is 0.496 e. The normalized spacial score (nSPS) is 15.4. The Kier molecular flexibility index (Phi) is 6.45. The Morgan fingerprint density at radius 2 is 1.47 bits per heavy atom. The number of hydrogen-bond acceptors (Lipinski definition) is 7. The Labute approximate surface area is 187 Å². The molecule has 0 aromatic heterocycles. The lowest BCUT2D eigenvalue weighted by Crippen LogP contribution is -3.13. The minimum Gasteiger partial charge on any atom is -0.496 e. The lowest BCUT2D eigenvalue weighted by Gasteiger charge is -2.32. The highest BCUT2D eigenvalue weighted by Crippen LogP contribution is 2.39. The van der Waals surface area contributed by atoms with E-state index in [1.54, 1.807) is 26.4 Å². The summed E-state index contributed by atoms with van der Waals surface area (Å²) < 4.78 is 32.6. The number of nitrogens with zero attached hydrogens (tertiary/aromatic N) is 1. The first-order valence-corrected chi connectivity index (χ1v) is 10.5. The molecule has 4 rings (SSSR count). The molecule has 32 heavy (non-hydrogen) atoms. The van der Waals surface area contributed by atoms with E-state index in [1.807, 2.05) is 17.0 Å². The van der Waals surface area contributed by atoms with Crippen LogP contribution in [0.3, 0.4) is 0 Å². The summed E-state index contributed by atoms with van der Waals surface area (Å²) in [5.41, 5.74) is 1.58. The molecule has 2 heterocycles. The van der Waals surface area contributed by atoms with Crippen LogP contribution in [0.1, 0.15) is 15.9 Å². The maximum Gasteiger partial charge on any atom is 0.254 e. The molecular weight excluding hydrogens is 416 g/mol. The van der Waals surface area contributed by atoms with Crippen LogP contribution in [0.5, 0.6) is 34.5 Å². The number of rotatable bonds is 7. The Hall–Kier alpha value is -3.33. The van der Waals surface area contributed by atoms with E-state index in [-0.39, 0.29) is 12.7 Å². The van der Waals surface area contributed by atoms with Gasteiger partial charge in [0.25, 0.3) is 5.91 Å². The number of amides is 1. The van der Waals surface area contributed by atoms with Gasteiger partial charge in [-0.15, -0.1) is 0 Å². The highest BCUT2D eigenvalue weighted by Gasteiger charge is 2.28. The average Bonchev–Trinajstić information content (AvgIpc) is 3.29. The third-order valence-electron chi connectivity index (χ3n) is 5.89. The number of fused-ring (bicyclic) bond motifs is 1. The van der Waals surface area contributed by atoms with Crippen molar-refractivity contribution in [1.82, 2.24) is 4.90 Å². The number of ether oxygens (including phenoxy) is 6. The van der Waals surface area contributed by atoms with Crippen molar-refractivity contribution in [1.29, 1.82) is 0 Å². The predicted molar refractivity (Wildman–Crippen MR) is 116 cm³/mol. The summed E-state index contributed by atoms with van der Waals surface area (Å²) in [4.78, 5) is 16.4. The fraction of sp³-hybridized carbons (Fsp3) is 0.435. The summed E-state index contributed by atoms with van der Waals surface area (Å²) in [6.07, 6.45) is 0. The number of nitrogens with one attached hydrogen (secondary N) is 1.